The first kappa shape index (κ1) is 20.9. The van der Waals surface area contributed by atoms with Crippen molar-refractivity contribution in [2.75, 3.05) is 7.05 Å². The van der Waals surface area contributed by atoms with Crippen LogP contribution in [0.5, 0.6) is 0 Å². The second kappa shape index (κ2) is 8.51. The van der Waals surface area contributed by atoms with E-state index in [4.69, 9.17) is 21.5 Å². The fourth-order valence-electron chi connectivity index (χ4n) is 2.36. The van der Waals surface area contributed by atoms with Crippen LogP contribution < -0.4 is 5.14 Å². The van der Waals surface area contributed by atoms with Gasteiger partial charge >= 0.3 is 5.97 Å². The maximum absolute atomic E-state index is 12.4. The summed E-state index contributed by atoms with van der Waals surface area (Å²) in [5.74, 6) is -1.33. The number of hydrogen-bond donors (Lipinski definition) is 1. The van der Waals surface area contributed by atoms with Gasteiger partial charge in [-0.15, -0.1) is 0 Å². The third kappa shape index (κ3) is 5.53. The summed E-state index contributed by atoms with van der Waals surface area (Å²) in [5.41, 5.74) is 0.740. The number of sulfonamides is 1. The van der Waals surface area contributed by atoms with Gasteiger partial charge in [0, 0.05) is 13.6 Å². The van der Waals surface area contributed by atoms with Crippen LogP contribution >= 0.6 is 11.6 Å². The van der Waals surface area contributed by atoms with Crippen LogP contribution in [0.4, 0.5) is 0 Å². The molecule has 144 valence electrons. The lowest BCUT2D eigenvalue weighted by Gasteiger charge is -2.21. The second-order valence-electron chi connectivity index (χ2n) is 5.91. The van der Waals surface area contributed by atoms with Crippen molar-refractivity contribution in [1.82, 2.24) is 4.90 Å². The summed E-state index contributed by atoms with van der Waals surface area (Å²) in [5, 5.41) is 5.05. The van der Waals surface area contributed by atoms with Gasteiger partial charge < -0.3 is 9.64 Å². The average molecular weight is 411 g/mol. The summed E-state index contributed by atoms with van der Waals surface area (Å²) >= 11 is 5.94. The van der Waals surface area contributed by atoms with Crippen molar-refractivity contribution in [1.29, 1.82) is 0 Å². The first-order valence-corrected chi connectivity index (χ1v) is 9.84. The molecule has 7 nitrogen and oxygen atoms in total. The smallest absolute Gasteiger partial charge is 0.340 e. The SMILES string of the molecule is C[C@H](OC(=O)c1cc(S(N)(=O)=O)ccc1Cl)C(=O)N(C)Cc1ccccc1. The zero-order valence-corrected chi connectivity index (χ0v) is 16.3. The van der Waals surface area contributed by atoms with Crippen molar-refractivity contribution in [3.05, 3.63) is 64.7 Å². The Morgan fingerprint density at radius 3 is 2.41 bits per heavy atom. The van der Waals surface area contributed by atoms with E-state index in [0.717, 1.165) is 11.6 Å². The molecule has 0 aliphatic carbocycles. The topological polar surface area (TPSA) is 107 Å². The molecule has 2 aromatic carbocycles. The molecule has 1 amide bonds. The highest BCUT2D eigenvalue weighted by atomic mass is 35.5. The molecule has 0 unspecified atom stereocenters. The molecule has 0 fully saturated rings. The Balaban J connectivity index is 2.09. The van der Waals surface area contributed by atoms with Crippen LogP contribution in [0.3, 0.4) is 0 Å². The van der Waals surface area contributed by atoms with Crippen LogP contribution in [-0.4, -0.2) is 38.3 Å². The van der Waals surface area contributed by atoms with Crippen LogP contribution in [0.2, 0.25) is 5.02 Å². The van der Waals surface area contributed by atoms with Crippen molar-refractivity contribution in [2.24, 2.45) is 5.14 Å². The third-order valence-corrected chi connectivity index (χ3v) is 5.00. The van der Waals surface area contributed by atoms with Crippen LogP contribution in [0.25, 0.3) is 0 Å². The third-order valence-electron chi connectivity index (χ3n) is 3.76. The molecule has 0 aliphatic rings. The Morgan fingerprint density at radius 1 is 1.19 bits per heavy atom. The number of likely N-dealkylation sites (N-methyl/N-ethyl adjacent to an activating group) is 1. The lowest BCUT2D eigenvalue weighted by Crippen LogP contribution is -2.37. The number of nitrogens with zero attached hydrogens (tertiary/aromatic N) is 1. The molecule has 0 saturated carbocycles. The largest absolute Gasteiger partial charge is 0.449 e. The number of nitrogens with two attached hydrogens (primary N) is 1. The van der Waals surface area contributed by atoms with Gasteiger partial charge in [0.25, 0.3) is 5.91 Å². The molecule has 1 atom stereocenters. The molecule has 0 bridgehead atoms. The van der Waals surface area contributed by atoms with Crippen molar-refractivity contribution >= 4 is 33.5 Å². The van der Waals surface area contributed by atoms with Crippen molar-refractivity contribution in [2.45, 2.75) is 24.5 Å². The molecular formula is C18H19ClN2O5S. The summed E-state index contributed by atoms with van der Waals surface area (Å²) in [7, 11) is -2.42. The standard InChI is InChI=1S/C18H19ClN2O5S/c1-12(17(22)21(2)11-13-6-4-3-5-7-13)26-18(23)15-10-14(27(20,24)25)8-9-16(15)19/h3-10,12H,11H2,1-2H3,(H2,20,24,25)/t12-/m0/s1. The highest BCUT2D eigenvalue weighted by Crippen LogP contribution is 2.21. The maximum Gasteiger partial charge on any atom is 0.340 e. The summed E-state index contributed by atoms with van der Waals surface area (Å²) in [6.45, 7) is 1.78. The van der Waals surface area contributed by atoms with E-state index >= 15 is 0 Å². The van der Waals surface area contributed by atoms with E-state index in [1.165, 1.54) is 24.0 Å². The predicted octanol–water partition coefficient (Wildman–Crippen LogP) is 2.19. The van der Waals surface area contributed by atoms with E-state index in [0.29, 0.717) is 6.54 Å². The number of halogens is 1. The van der Waals surface area contributed by atoms with E-state index in [9.17, 15) is 18.0 Å². The predicted molar refractivity (Wildman–Crippen MR) is 101 cm³/mol. The lowest BCUT2D eigenvalue weighted by molar-refractivity contribution is -0.139. The molecule has 0 saturated heterocycles. The van der Waals surface area contributed by atoms with E-state index < -0.39 is 28.0 Å². The molecule has 2 aromatic rings. The molecule has 0 radical (unpaired) electrons. The number of ether oxygens (including phenoxy) is 1. The molecule has 2 N–H and O–H groups in total. The Labute approximate surface area is 162 Å². The van der Waals surface area contributed by atoms with Gasteiger partial charge in [-0.1, -0.05) is 41.9 Å². The number of hydrogen-bond acceptors (Lipinski definition) is 5. The average Bonchev–Trinajstić information content (AvgIpc) is 2.61. The van der Waals surface area contributed by atoms with Gasteiger partial charge in [-0.25, -0.2) is 18.4 Å². The van der Waals surface area contributed by atoms with E-state index in [1.54, 1.807) is 7.05 Å². The van der Waals surface area contributed by atoms with Crippen LogP contribution in [0, 0.1) is 0 Å². The first-order chi connectivity index (χ1) is 12.6. The molecule has 2 rings (SSSR count). The molecule has 0 aliphatic heterocycles. The number of amides is 1. The Hall–Kier alpha value is -2.42. The van der Waals surface area contributed by atoms with Crippen LogP contribution in [0.1, 0.15) is 22.8 Å². The summed E-state index contributed by atoms with van der Waals surface area (Å²) in [6.07, 6.45) is -1.08. The molecule has 9 heteroatoms. The minimum Gasteiger partial charge on any atom is -0.449 e. The normalized spacial score (nSPS) is 12.3. The number of benzene rings is 2. The summed E-state index contributed by atoms with van der Waals surface area (Å²) in [6, 6.07) is 12.8. The zero-order chi connectivity index (χ0) is 20.2. The van der Waals surface area contributed by atoms with Crippen LogP contribution in [-0.2, 0) is 26.1 Å². The Morgan fingerprint density at radius 2 is 1.81 bits per heavy atom. The minimum absolute atomic E-state index is 0.00955. The van der Waals surface area contributed by atoms with E-state index in [1.807, 2.05) is 30.3 Å². The van der Waals surface area contributed by atoms with Crippen molar-refractivity contribution < 1.29 is 22.7 Å². The van der Waals surface area contributed by atoms with E-state index in [-0.39, 0.29) is 15.5 Å². The number of carbonyl (C=O) groups is 2. The highest BCUT2D eigenvalue weighted by molar-refractivity contribution is 7.89. The fraction of sp³-hybridized carbons (Fsp3) is 0.222. The zero-order valence-electron chi connectivity index (χ0n) is 14.8. The second-order valence-corrected chi connectivity index (χ2v) is 7.88. The number of rotatable bonds is 6. The fourth-order valence-corrected chi connectivity index (χ4v) is 3.09. The number of esters is 1. The van der Waals surface area contributed by atoms with Crippen molar-refractivity contribution in [3.63, 3.8) is 0 Å². The first-order valence-electron chi connectivity index (χ1n) is 7.92. The van der Waals surface area contributed by atoms with Crippen LogP contribution in [0.15, 0.2) is 53.4 Å². The molecule has 0 aromatic heterocycles. The monoisotopic (exact) mass is 410 g/mol. The molecule has 0 heterocycles. The lowest BCUT2D eigenvalue weighted by atomic mass is 10.2. The maximum atomic E-state index is 12.4. The molecular weight excluding hydrogens is 392 g/mol. The quantitative estimate of drug-likeness (QED) is 0.734. The summed E-state index contributed by atoms with van der Waals surface area (Å²) < 4.78 is 28.0. The van der Waals surface area contributed by atoms with Gasteiger partial charge in [0.05, 0.1) is 15.5 Å². The highest BCUT2D eigenvalue weighted by Gasteiger charge is 2.24. The van der Waals surface area contributed by atoms with Crippen molar-refractivity contribution in [3.8, 4) is 0 Å². The van der Waals surface area contributed by atoms with Gasteiger partial charge in [-0.3, -0.25) is 4.79 Å². The van der Waals surface area contributed by atoms with Gasteiger partial charge in [0.15, 0.2) is 6.10 Å². The van der Waals surface area contributed by atoms with Gasteiger partial charge in [-0.2, -0.15) is 0 Å². The Bertz CT molecular complexity index is 947. The van der Waals surface area contributed by atoms with Gasteiger partial charge in [-0.05, 0) is 30.7 Å². The van der Waals surface area contributed by atoms with E-state index in [2.05, 4.69) is 0 Å². The number of carbonyl (C=O) groups excluding carboxylic acids is 2. The van der Waals surface area contributed by atoms with Gasteiger partial charge in [0.1, 0.15) is 0 Å². The molecule has 27 heavy (non-hydrogen) atoms. The Kier molecular flexibility index (Phi) is 6.59. The van der Waals surface area contributed by atoms with Gasteiger partial charge in [0.2, 0.25) is 10.0 Å². The summed E-state index contributed by atoms with van der Waals surface area (Å²) in [4.78, 5) is 25.9. The number of primary sulfonamides is 1. The molecule has 0 spiro atoms. The minimum atomic E-state index is -4.01.